The average Bonchev–Trinajstić information content (AvgIpc) is 3.12. The number of hydrogen-bond donors (Lipinski definition) is 13. The molecule has 16 nitrogen and oxygen atoms in total. The lowest BCUT2D eigenvalue weighted by molar-refractivity contribution is -0.00389. The molecule has 0 spiro atoms. The molecule has 0 radical (unpaired) electrons. The molecule has 0 aliphatic carbocycles. The lowest BCUT2D eigenvalue weighted by atomic mass is 9.73. The molecular weight excluding hydrogens is 724 g/mol. The Hall–Kier alpha value is -6.62. The molecule has 7 atom stereocenters. The van der Waals surface area contributed by atoms with Crippen LogP contribution in [0.25, 0.3) is 0 Å². The number of fused-ring (bicyclic) bond motifs is 3. The summed E-state index contributed by atoms with van der Waals surface area (Å²) in [5.74, 6) is -9.43. The summed E-state index contributed by atoms with van der Waals surface area (Å²) in [6.45, 7) is -0.275. The molecule has 4 unspecified atom stereocenters. The third-order valence-electron chi connectivity index (χ3n) is 10.4. The van der Waals surface area contributed by atoms with Gasteiger partial charge in [0.15, 0.2) is 35.2 Å². The van der Waals surface area contributed by atoms with Crippen molar-refractivity contribution in [2.75, 3.05) is 6.61 Å². The van der Waals surface area contributed by atoms with Gasteiger partial charge in [-0.3, -0.25) is 0 Å². The maximum atomic E-state index is 12.2. The van der Waals surface area contributed by atoms with E-state index in [0.717, 1.165) is 48.5 Å². The number of aromatic hydroxyl groups is 10. The van der Waals surface area contributed by atoms with Gasteiger partial charge in [-0.2, -0.15) is 0 Å². The Kier molecular flexibility index (Phi) is 8.21. The van der Waals surface area contributed by atoms with Gasteiger partial charge in [0.1, 0.15) is 70.6 Å². The van der Waals surface area contributed by atoms with E-state index < -0.39 is 99.9 Å². The van der Waals surface area contributed by atoms with Crippen LogP contribution in [0.15, 0.2) is 60.7 Å². The van der Waals surface area contributed by atoms with Gasteiger partial charge in [0.25, 0.3) is 0 Å². The molecule has 0 saturated heterocycles. The van der Waals surface area contributed by atoms with Crippen molar-refractivity contribution in [3.05, 3.63) is 99.6 Å². The molecule has 0 aromatic heterocycles. The van der Waals surface area contributed by atoms with Gasteiger partial charge >= 0.3 is 0 Å². The maximum absolute atomic E-state index is 12.2. The molecule has 0 bridgehead atoms. The van der Waals surface area contributed by atoms with Gasteiger partial charge in [-0.15, -0.1) is 0 Å². The van der Waals surface area contributed by atoms with E-state index in [-0.39, 0.29) is 69.2 Å². The summed E-state index contributed by atoms with van der Waals surface area (Å²) in [4.78, 5) is 0. The highest BCUT2D eigenvalue weighted by Gasteiger charge is 2.50. The van der Waals surface area contributed by atoms with E-state index in [9.17, 15) is 66.4 Å². The number of aliphatic hydroxyl groups is 3. The molecule has 286 valence electrons. The molecule has 5 aromatic carbocycles. The van der Waals surface area contributed by atoms with Crippen LogP contribution in [0.3, 0.4) is 0 Å². The van der Waals surface area contributed by atoms with Gasteiger partial charge in [0, 0.05) is 58.5 Å². The second-order valence-electron chi connectivity index (χ2n) is 13.8. The van der Waals surface area contributed by atoms with E-state index >= 15 is 0 Å². The third-order valence-corrected chi connectivity index (χ3v) is 10.4. The van der Waals surface area contributed by atoms with Crippen LogP contribution in [-0.2, 0) is 6.42 Å². The summed E-state index contributed by atoms with van der Waals surface area (Å²) < 4.78 is 18.3. The first kappa shape index (κ1) is 35.4. The van der Waals surface area contributed by atoms with Gasteiger partial charge < -0.3 is 80.6 Å². The largest absolute Gasteiger partial charge is 0.508 e. The van der Waals surface area contributed by atoms with Crippen LogP contribution in [0.1, 0.15) is 63.0 Å². The third kappa shape index (κ3) is 5.57. The Morgan fingerprint density at radius 1 is 0.455 bits per heavy atom. The van der Waals surface area contributed by atoms with Crippen LogP contribution in [-0.4, -0.2) is 91.3 Å². The van der Waals surface area contributed by atoms with Crippen LogP contribution in [0, 0.1) is 0 Å². The Morgan fingerprint density at radius 3 is 1.51 bits per heavy atom. The van der Waals surface area contributed by atoms with Crippen molar-refractivity contribution in [3.8, 4) is 74.7 Å². The number of hydrogen-bond acceptors (Lipinski definition) is 16. The second-order valence-corrected chi connectivity index (χ2v) is 13.8. The molecule has 13 N–H and O–H groups in total. The number of phenolic OH excluding ortho intramolecular Hbond substituents is 10. The Balaban J connectivity index is 1.42. The van der Waals surface area contributed by atoms with Crippen molar-refractivity contribution in [1.29, 1.82) is 0 Å². The van der Waals surface area contributed by atoms with E-state index in [1.165, 1.54) is 12.1 Å². The fourth-order valence-corrected chi connectivity index (χ4v) is 7.91. The van der Waals surface area contributed by atoms with E-state index in [2.05, 4.69) is 0 Å². The first-order valence-electron chi connectivity index (χ1n) is 16.9. The first-order chi connectivity index (χ1) is 26.1. The molecule has 0 fully saturated rings. The van der Waals surface area contributed by atoms with Crippen molar-refractivity contribution in [3.63, 3.8) is 0 Å². The van der Waals surface area contributed by atoms with Gasteiger partial charge in [0.2, 0.25) is 0 Å². The zero-order valence-electron chi connectivity index (χ0n) is 28.3. The normalized spacial score (nSPS) is 24.0. The minimum absolute atomic E-state index is 0.0499. The number of aliphatic hydroxyl groups excluding tert-OH is 3. The fourth-order valence-electron chi connectivity index (χ4n) is 7.91. The van der Waals surface area contributed by atoms with Crippen molar-refractivity contribution in [2.45, 2.75) is 48.8 Å². The zero-order chi connectivity index (χ0) is 39.2. The summed E-state index contributed by atoms with van der Waals surface area (Å²) >= 11 is 0. The summed E-state index contributed by atoms with van der Waals surface area (Å²) in [6, 6.07) is 11.1. The molecule has 55 heavy (non-hydrogen) atoms. The zero-order valence-corrected chi connectivity index (χ0v) is 28.3. The average molecular weight is 759 g/mol. The van der Waals surface area contributed by atoms with Crippen molar-refractivity contribution in [1.82, 2.24) is 0 Å². The number of benzene rings is 5. The lowest BCUT2D eigenvalue weighted by Crippen LogP contribution is -2.38. The molecule has 16 heteroatoms. The van der Waals surface area contributed by atoms with Crippen molar-refractivity contribution < 1.29 is 80.6 Å². The molecular formula is C39H34O16. The number of ether oxygens (including phenoxy) is 3. The van der Waals surface area contributed by atoms with Gasteiger partial charge in [-0.1, -0.05) is 12.1 Å². The minimum atomic E-state index is -1.78. The van der Waals surface area contributed by atoms with Crippen molar-refractivity contribution >= 4 is 0 Å². The predicted molar refractivity (Wildman–Crippen MR) is 187 cm³/mol. The topological polar surface area (TPSA) is 291 Å². The molecule has 0 saturated carbocycles. The molecule has 3 heterocycles. The van der Waals surface area contributed by atoms with Crippen LogP contribution in [0.2, 0.25) is 0 Å². The summed E-state index contributed by atoms with van der Waals surface area (Å²) in [7, 11) is 0. The molecule has 3 aliphatic rings. The molecule has 8 rings (SSSR count). The molecule has 0 amide bonds. The molecule has 3 aliphatic heterocycles. The SMILES string of the molecule is Oc1cc(O)c2c(c1)O[C@H](c1ccc(O)c(O)c1)C(O)[C@H]2c1c(O)cc(O)c2c1O[C@H](c1ccc(O)c(O)c1)C(O)C2c1c(O)cc(O)c2c1OCC(O)C2. The minimum Gasteiger partial charge on any atom is -0.508 e. The van der Waals surface area contributed by atoms with Crippen LogP contribution >= 0.6 is 0 Å². The monoisotopic (exact) mass is 758 g/mol. The molecule has 5 aromatic rings. The Labute approximate surface area is 310 Å². The fraction of sp³-hybridized carbons (Fsp3) is 0.231. The van der Waals surface area contributed by atoms with Gasteiger partial charge in [-0.25, -0.2) is 0 Å². The van der Waals surface area contributed by atoms with Gasteiger partial charge in [0.05, 0.1) is 17.9 Å². The summed E-state index contributed by atoms with van der Waals surface area (Å²) in [5, 5.41) is 143. The van der Waals surface area contributed by atoms with E-state index in [1.54, 1.807) is 0 Å². The van der Waals surface area contributed by atoms with Crippen LogP contribution in [0.5, 0.6) is 74.7 Å². The highest BCUT2D eigenvalue weighted by molar-refractivity contribution is 5.70. The van der Waals surface area contributed by atoms with E-state index in [1.807, 2.05) is 0 Å². The van der Waals surface area contributed by atoms with Crippen molar-refractivity contribution in [2.24, 2.45) is 0 Å². The Morgan fingerprint density at radius 2 is 0.945 bits per heavy atom. The van der Waals surface area contributed by atoms with E-state index in [0.29, 0.717) is 0 Å². The number of phenols is 10. The quantitative estimate of drug-likeness (QED) is 0.117. The summed E-state index contributed by atoms with van der Waals surface area (Å²) in [5.41, 5.74) is -0.673. The highest BCUT2D eigenvalue weighted by Crippen LogP contribution is 2.61. The van der Waals surface area contributed by atoms with Gasteiger partial charge in [-0.05, 0) is 35.4 Å². The number of rotatable bonds is 4. The smallest absolute Gasteiger partial charge is 0.157 e. The lowest BCUT2D eigenvalue weighted by Gasteiger charge is -2.42. The Bertz CT molecular complexity index is 2380. The van der Waals surface area contributed by atoms with E-state index in [4.69, 9.17) is 14.2 Å². The maximum Gasteiger partial charge on any atom is 0.157 e. The standard InChI is InChI=1S/C39H34O16/c40-15-8-23(47)28-27(9-15)54-36(13-1-3-18(42)21(45)5-13)34(51)32(28)30-25(49)11-26(50)31-33(29-24(48)10-20(44)17-7-16(41)12-53-38(17)29)35(52)37(55-39(30)31)14-2-4-19(43)22(46)6-14/h1-6,8-11,16,32-37,40-52H,7,12H2/t16?,32-,33?,34?,35?,36-,37-/m1/s1. The highest BCUT2D eigenvalue weighted by atomic mass is 16.5. The second kappa shape index (κ2) is 12.8. The van der Waals surface area contributed by atoms with Crippen LogP contribution < -0.4 is 14.2 Å². The predicted octanol–water partition coefficient (Wildman–Crippen LogP) is 3.29. The first-order valence-corrected chi connectivity index (χ1v) is 16.9. The summed E-state index contributed by atoms with van der Waals surface area (Å²) in [6.07, 6.45) is -7.68. The van der Waals surface area contributed by atoms with Crippen LogP contribution in [0.4, 0.5) is 0 Å².